The Hall–Kier alpha value is -1.15. The summed E-state index contributed by atoms with van der Waals surface area (Å²) in [5.74, 6) is -0.192. The molecule has 0 radical (unpaired) electrons. The second-order valence-corrected chi connectivity index (χ2v) is 7.43. The van der Waals surface area contributed by atoms with Crippen LogP contribution in [0.15, 0.2) is 18.2 Å². The van der Waals surface area contributed by atoms with Gasteiger partial charge in [0.2, 0.25) is 10.0 Å². The highest BCUT2D eigenvalue weighted by atomic mass is 35.5. The van der Waals surface area contributed by atoms with E-state index in [1.807, 2.05) is 13.8 Å². The fourth-order valence-electron chi connectivity index (χ4n) is 1.48. The van der Waals surface area contributed by atoms with Crippen LogP contribution in [0, 0.1) is 5.92 Å². The lowest BCUT2D eigenvalue weighted by Crippen LogP contribution is -2.21. The molecule has 0 heterocycles. The Kier molecular flexibility index (Phi) is 6.37. The van der Waals surface area contributed by atoms with Crippen LogP contribution in [-0.2, 0) is 10.0 Å². The molecule has 1 aromatic carbocycles. The van der Waals surface area contributed by atoms with Gasteiger partial charge in [0.1, 0.15) is 5.75 Å². The number of halogens is 4. The van der Waals surface area contributed by atoms with Gasteiger partial charge in [-0.05, 0) is 30.5 Å². The topological polar surface area (TPSA) is 55.4 Å². The van der Waals surface area contributed by atoms with Gasteiger partial charge in [-0.25, -0.2) is 8.42 Å². The van der Waals surface area contributed by atoms with Gasteiger partial charge in [0.15, 0.2) is 6.61 Å². The molecule has 0 amide bonds. The molecule has 126 valence electrons. The molecule has 22 heavy (non-hydrogen) atoms. The van der Waals surface area contributed by atoms with Crippen LogP contribution in [0.1, 0.15) is 20.3 Å². The number of nitrogens with one attached hydrogen (secondary N) is 1. The molecule has 0 saturated heterocycles. The normalized spacial score (nSPS) is 12.5. The van der Waals surface area contributed by atoms with Gasteiger partial charge in [-0.2, -0.15) is 13.2 Å². The summed E-state index contributed by atoms with van der Waals surface area (Å²) in [6.07, 6.45) is -4.10. The molecule has 0 spiro atoms. The third-order valence-corrected chi connectivity index (χ3v) is 4.10. The predicted octanol–water partition coefficient (Wildman–Crippen LogP) is 4.07. The van der Waals surface area contributed by atoms with E-state index >= 15 is 0 Å². The minimum absolute atomic E-state index is 0.111. The summed E-state index contributed by atoms with van der Waals surface area (Å²) in [6.45, 7) is 2.22. The van der Waals surface area contributed by atoms with Gasteiger partial charge in [-0.1, -0.05) is 25.4 Å². The van der Waals surface area contributed by atoms with Gasteiger partial charge < -0.3 is 4.74 Å². The zero-order valence-electron chi connectivity index (χ0n) is 12.1. The van der Waals surface area contributed by atoms with Crippen molar-refractivity contribution in [1.82, 2.24) is 0 Å². The molecule has 0 unspecified atom stereocenters. The number of sulfonamides is 1. The molecule has 1 N–H and O–H groups in total. The van der Waals surface area contributed by atoms with Crippen molar-refractivity contribution < 1.29 is 26.3 Å². The molecular weight excluding hydrogens is 343 g/mol. The van der Waals surface area contributed by atoms with Crippen molar-refractivity contribution in [2.75, 3.05) is 17.1 Å². The van der Waals surface area contributed by atoms with Crippen LogP contribution in [0.4, 0.5) is 18.9 Å². The molecule has 0 aliphatic rings. The minimum atomic E-state index is -4.52. The van der Waals surface area contributed by atoms with Gasteiger partial charge >= 0.3 is 6.18 Å². The lowest BCUT2D eigenvalue weighted by molar-refractivity contribution is -0.153. The third-order valence-electron chi connectivity index (χ3n) is 2.56. The molecule has 1 aromatic rings. The van der Waals surface area contributed by atoms with Crippen LogP contribution >= 0.6 is 11.6 Å². The Morgan fingerprint density at radius 1 is 1.32 bits per heavy atom. The van der Waals surface area contributed by atoms with E-state index in [0.717, 1.165) is 0 Å². The first kappa shape index (κ1) is 18.9. The van der Waals surface area contributed by atoms with Gasteiger partial charge in [0.05, 0.1) is 11.4 Å². The van der Waals surface area contributed by atoms with Crippen LogP contribution < -0.4 is 9.46 Å². The number of ether oxygens (including phenoxy) is 1. The largest absolute Gasteiger partial charge is 0.482 e. The van der Waals surface area contributed by atoms with E-state index in [-0.39, 0.29) is 28.1 Å². The highest BCUT2D eigenvalue weighted by Gasteiger charge is 2.29. The fourth-order valence-corrected chi connectivity index (χ4v) is 3.03. The Morgan fingerprint density at radius 3 is 2.50 bits per heavy atom. The quantitative estimate of drug-likeness (QED) is 0.798. The van der Waals surface area contributed by atoms with E-state index < -0.39 is 22.8 Å². The van der Waals surface area contributed by atoms with Crippen LogP contribution in [0.2, 0.25) is 5.02 Å². The first-order valence-electron chi connectivity index (χ1n) is 6.48. The third kappa shape index (κ3) is 7.22. The monoisotopic (exact) mass is 359 g/mol. The molecule has 4 nitrogen and oxygen atoms in total. The van der Waals surface area contributed by atoms with Crippen molar-refractivity contribution in [3.63, 3.8) is 0 Å². The maximum absolute atomic E-state index is 12.2. The van der Waals surface area contributed by atoms with Crippen molar-refractivity contribution in [2.45, 2.75) is 26.4 Å². The van der Waals surface area contributed by atoms with Gasteiger partial charge in [-0.15, -0.1) is 0 Å². The lowest BCUT2D eigenvalue weighted by atomic mass is 10.2. The molecule has 0 aliphatic carbocycles. The second kappa shape index (κ2) is 7.41. The van der Waals surface area contributed by atoms with E-state index in [2.05, 4.69) is 9.46 Å². The van der Waals surface area contributed by atoms with E-state index in [1.165, 1.54) is 18.2 Å². The van der Waals surface area contributed by atoms with Crippen molar-refractivity contribution in [2.24, 2.45) is 5.92 Å². The van der Waals surface area contributed by atoms with E-state index in [0.29, 0.717) is 6.42 Å². The number of alkyl halides is 3. The summed E-state index contributed by atoms with van der Waals surface area (Å²) in [4.78, 5) is 0. The van der Waals surface area contributed by atoms with Crippen LogP contribution in [-0.4, -0.2) is 27.0 Å². The summed E-state index contributed by atoms with van der Waals surface area (Å²) < 4.78 is 67.3. The average molecular weight is 360 g/mol. The number of benzene rings is 1. The van der Waals surface area contributed by atoms with Crippen molar-refractivity contribution in [1.29, 1.82) is 0 Å². The molecule has 0 bridgehead atoms. The molecule has 0 aromatic heterocycles. The number of anilines is 1. The molecule has 0 atom stereocenters. The standard InChI is InChI=1S/C13H17ClF3NO3S/c1-9(2)5-6-22(19,20)18-11-7-10(14)3-4-12(11)21-8-13(15,16)17/h3-4,7,9,18H,5-6,8H2,1-2H3. The van der Waals surface area contributed by atoms with Crippen LogP contribution in [0.3, 0.4) is 0 Å². The lowest BCUT2D eigenvalue weighted by Gasteiger charge is -2.15. The Balaban J connectivity index is 2.90. The highest BCUT2D eigenvalue weighted by molar-refractivity contribution is 7.92. The first-order valence-corrected chi connectivity index (χ1v) is 8.51. The Labute approximate surface area is 132 Å². The first-order chi connectivity index (χ1) is 9.98. The molecule has 1 rings (SSSR count). The summed E-state index contributed by atoms with van der Waals surface area (Å²) >= 11 is 5.75. The molecular formula is C13H17ClF3NO3S. The zero-order chi connectivity index (χ0) is 17.0. The number of hydrogen-bond donors (Lipinski definition) is 1. The summed E-state index contributed by atoms with van der Waals surface area (Å²) in [5, 5.41) is 0.181. The maximum atomic E-state index is 12.2. The zero-order valence-corrected chi connectivity index (χ0v) is 13.6. The second-order valence-electron chi connectivity index (χ2n) is 5.15. The SMILES string of the molecule is CC(C)CCS(=O)(=O)Nc1cc(Cl)ccc1OCC(F)(F)F. The van der Waals surface area contributed by atoms with Crippen LogP contribution in [0.5, 0.6) is 5.75 Å². The summed E-state index contributed by atoms with van der Waals surface area (Å²) in [6, 6.07) is 3.72. The van der Waals surface area contributed by atoms with Gasteiger partial charge in [0.25, 0.3) is 0 Å². The molecule has 9 heteroatoms. The molecule has 0 fully saturated rings. The minimum Gasteiger partial charge on any atom is -0.482 e. The maximum Gasteiger partial charge on any atom is 0.422 e. The Bertz CT molecular complexity index is 603. The smallest absolute Gasteiger partial charge is 0.422 e. The average Bonchev–Trinajstić information content (AvgIpc) is 2.34. The van der Waals surface area contributed by atoms with E-state index in [1.54, 1.807) is 0 Å². The van der Waals surface area contributed by atoms with Gasteiger partial charge in [0, 0.05) is 5.02 Å². The predicted molar refractivity (Wildman–Crippen MR) is 79.9 cm³/mol. The summed E-state index contributed by atoms with van der Waals surface area (Å²) in [5.41, 5.74) is -0.111. The summed E-state index contributed by atoms with van der Waals surface area (Å²) in [7, 11) is -3.69. The Morgan fingerprint density at radius 2 is 1.95 bits per heavy atom. The van der Waals surface area contributed by atoms with Gasteiger partial charge in [-0.3, -0.25) is 4.72 Å². The fraction of sp³-hybridized carbons (Fsp3) is 0.538. The van der Waals surface area contributed by atoms with Crippen molar-refractivity contribution in [3.05, 3.63) is 23.2 Å². The molecule has 0 saturated carbocycles. The van der Waals surface area contributed by atoms with E-state index in [4.69, 9.17) is 11.6 Å². The van der Waals surface area contributed by atoms with Crippen molar-refractivity contribution >= 4 is 27.3 Å². The van der Waals surface area contributed by atoms with E-state index in [9.17, 15) is 21.6 Å². The van der Waals surface area contributed by atoms with Crippen LogP contribution in [0.25, 0.3) is 0 Å². The highest BCUT2D eigenvalue weighted by Crippen LogP contribution is 2.30. The number of rotatable bonds is 7. The van der Waals surface area contributed by atoms with Crippen molar-refractivity contribution in [3.8, 4) is 5.75 Å². The molecule has 0 aliphatic heterocycles. The number of hydrogen-bond acceptors (Lipinski definition) is 3.